The van der Waals surface area contributed by atoms with Crippen LogP contribution in [-0.2, 0) is 15.3 Å². The first-order valence-corrected chi connectivity index (χ1v) is 11.8. The van der Waals surface area contributed by atoms with Crippen LogP contribution in [0.1, 0.15) is 31.9 Å². The van der Waals surface area contributed by atoms with E-state index in [0.717, 1.165) is 0 Å². The summed E-state index contributed by atoms with van der Waals surface area (Å²) >= 11 is 0. The fraction of sp³-hybridized carbons (Fsp3) is 0.318. The van der Waals surface area contributed by atoms with Crippen molar-refractivity contribution in [3.05, 3.63) is 59.7 Å². The number of rotatable bonds is 3. The minimum Gasteiger partial charge on any atom is -0.386 e. The van der Waals surface area contributed by atoms with Crippen molar-refractivity contribution < 1.29 is 8.60 Å². The fourth-order valence-corrected chi connectivity index (χ4v) is 6.08. The summed E-state index contributed by atoms with van der Waals surface area (Å²) in [6.45, 7) is 5.19. The van der Waals surface area contributed by atoms with Crippen molar-refractivity contribution in [3.63, 3.8) is 0 Å². The zero-order valence-electron chi connectivity index (χ0n) is 18.7. The molecule has 11 heteroatoms. The van der Waals surface area contributed by atoms with Gasteiger partial charge in [0.05, 0.1) is 27.2 Å². The summed E-state index contributed by atoms with van der Waals surface area (Å²) in [5.41, 5.74) is 6.81. The Morgan fingerprint density at radius 2 is 2.03 bits per heavy atom. The third kappa shape index (κ3) is 3.66. The van der Waals surface area contributed by atoms with E-state index < -0.39 is 25.8 Å². The van der Waals surface area contributed by atoms with Crippen LogP contribution < -0.4 is 5.73 Å². The second-order valence-electron chi connectivity index (χ2n) is 8.51. The number of amidine groups is 1. The fourth-order valence-electron chi connectivity index (χ4n) is 3.78. The van der Waals surface area contributed by atoms with Gasteiger partial charge in [0.25, 0.3) is 0 Å². The molecule has 170 valence electrons. The Bertz CT molecular complexity index is 1430. The molecule has 3 aromatic rings. The van der Waals surface area contributed by atoms with Gasteiger partial charge in [-0.3, -0.25) is 4.99 Å². The van der Waals surface area contributed by atoms with Gasteiger partial charge in [-0.1, -0.05) is 5.21 Å². The summed E-state index contributed by atoms with van der Waals surface area (Å²) in [7, 11) is -1.31. The van der Waals surface area contributed by atoms with Crippen LogP contribution in [0.15, 0.2) is 52.1 Å². The first kappa shape index (κ1) is 22.5. The lowest BCUT2D eigenvalue weighted by molar-refractivity contribution is 0.491. The highest BCUT2D eigenvalue weighted by Crippen LogP contribution is 2.39. The Balaban J connectivity index is 1.77. The smallest absolute Gasteiger partial charge is 0.155 e. The van der Waals surface area contributed by atoms with Crippen molar-refractivity contribution in [2.75, 3.05) is 12.8 Å². The third-order valence-corrected chi connectivity index (χ3v) is 9.35. The molecule has 0 saturated heterocycles. The van der Waals surface area contributed by atoms with Crippen molar-refractivity contribution in [2.45, 2.75) is 31.1 Å². The van der Waals surface area contributed by atoms with E-state index in [1.54, 1.807) is 51.2 Å². The molecule has 1 aliphatic rings. The second kappa shape index (κ2) is 7.74. The van der Waals surface area contributed by atoms with Crippen LogP contribution in [0.4, 0.5) is 4.39 Å². The molecule has 0 radical (unpaired) electrons. The number of halogens is 1. The molecule has 2 atom stereocenters. The predicted octanol–water partition coefficient (Wildman–Crippen LogP) is 2.80. The lowest BCUT2D eigenvalue weighted by atomic mass is 9.91. The summed E-state index contributed by atoms with van der Waals surface area (Å²) in [6.07, 6.45) is 3.09. The van der Waals surface area contributed by atoms with Crippen molar-refractivity contribution in [2.24, 2.45) is 15.1 Å². The topological polar surface area (TPSA) is 135 Å². The SMILES string of the molecule is CN=[S@]1(=O)C[C@@](C)(c2cc(-c3cn(-c4ccc(C#N)cn4)nn3)ccc2F)N=C(N)C1(C)C. The average Bonchev–Trinajstić information content (AvgIpc) is 3.28. The van der Waals surface area contributed by atoms with Gasteiger partial charge < -0.3 is 5.73 Å². The highest BCUT2D eigenvalue weighted by Gasteiger charge is 2.47. The van der Waals surface area contributed by atoms with E-state index in [4.69, 9.17) is 11.0 Å². The maximum absolute atomic E-state index is 15.0. The molecule has 0 bridgehead atoms. The van der Waals surface area contributed by atoms with E-state index >= 15 is 4.39 Å². The van der Waals surface area contributed by atoms with Crippen LogP contribution in [0.2, 0.25) is 0 Å². The molecule has 0 unspecified atom stereocenters. The average molecular weight is 467 g/mol. The van der Waals surface area contributed by atoms with Crippen LogP contribution in [0.25, 0.3) is 17.1 Å². The zero-order chi connectivity index (χ0) is 24.0. The number of pyridine rings is 1. The lowest BCUT2D eigenvalue weighted by Crippen LogP contribution is -2.54. The largest absolute Gasteiger partial charge is 0.386 e. The quantitative estimate of drug-likeness (QED) is 0.630. The molecule has 0 fully saturated rings. The lowest BCUT2D eigenvalue weighted by Gasteiger charge is -2.40. The summed E-state index contributed by atoms with van der Waals surface area (Å²) < 4.78 is 33.3. The maximum Gasteiger partial charge on any atom is 0.155 e. The zero-order valence-corrected chi connectivity index (χ0v) is 19.5. The van der Waals surface area contributed by atoms with Crippen LogP contribution >= 0.6 is 0 Å². The van der Waals surface area contributed by atoms with Gasteiger partial charge in [-0.05, 0) is 51.1 Å². The van der Waals surface area contributed by atoms with E-state index in [9.17, 15) is 4.21 Å². The van der Waals surface area contributed by atoms with Crippen LogP contribution in [0.3, 0.4) is 0 Å². The number of aliphatic imine (C=N–C) groups is 1. The van der Waals surface area contributed by atoms with Crippen LogP contribution in [0.5, 0.6) is 0 Å². The monoisotopic (exact) mass is 466 g/mol. The molecule has 2 N–H and O–H groups in total. The summed E-state index contributed by atoms with van der Waals surface area (Å²) in [5, 5.41) is 17.2. The Labute approximate surface area is 191 Å². The highest BCUT2D eigenvalue weighted by atomic mass is 32.2. The van der Waals surface area contributed by atoms with Crippen molar-refractivity contribution >= 4 is 15.6 Å². The van der Waals surface area contributed by atoms with Crippen molar-refractivity contribution in [1.82, 2.24) is 20.0 Å². The second-order valence-corrected chi connectivity index (χ2v) is 11.5. The van der Waals surface area contributed by atoms with Gasteiger partial charge in [-0.25, -0.2) is 22.6 Å². The maximum atomic E-state index is 15.0. The number of hydrogen-bond donors (Lipinski definition) is 1. The molecule has 4 rings (SSSR count). The molecular formula is C22H23FN8OS. The highest BCUT2D eigenvalue weighted by molar-refractivity contribution is 7.95. The molecule has 1 aliphatic heterocycles. The molecule has 33 heavy (non-hydrogen) atoms. The number of nitrogens with zero attached hydrogens (tertiary/aromatic N) is 7. The molecule has 1 aromatic carbocycles. The van der Waals surface area contributed by atoms with Gasteiger partial charge >= 0.3 is 0 Å². The molecule has 0 saturated carbocycles. The predicted molar refractivity (Wildman–Crippen MR) is 124 cm³/mol. The summed E-state index contributed by atoms with van der Waals surface area (Å²) in [5.74, 6) is 0.205. The van der Waals surface area contributed by atoms with E-state index in [1.807, 2.05) is 6.07 Å². The van der Waals surface area contributed by atoms with Gasteiger partial charge in [0.2, 0.25) is 0 Å². The Kier molecular flexibility index (Phi) is 5.29. The minimum absolute atomic E-state index is 0.0342. The van der Waals surface area contributed by atoms with Crippen molar-refractivity contribution in [1.29, 1.82) is 5.26 Å². The summed E-state index contributed by atoms with van der Waals surface area (Å²) in [4.78, 5) is 8.78. The van der Waals surface area contributed by atoms with Crippen LogP contribution in [0, 0.1) is 17.1 Å². The molecule has 0 spiro atoms. The van der Waals surface area contributed by atoms with Gasteiger partial charge in [0, 0.05) is 24.4 Å². The minimum atomic E-state index is -2.80. The number of hydrogen-bond acceptors (Lipinski definition) is 8. The van der Waals surface area contributed by atoms with E-state index in [0.29, 0.717) is 22.6 Å². The van der Waals surface area contributed by atoms with E-state index in [-0.39, 0.29) is 17.2 Å². The van der Waals surface area contributed by atoms with Gasteiger partial charge in [-0.15, -0.1) is 5.10 Å². The molecule has 0 amide bonds. The summed E-state index contributed by atoms with van der Waals surface area (Å²) in [6, 6.07) is 9.83. The van der Waals surface area contributed by atoms with E-state index in [1.165, 1.54) is 24.0 Å². The third-order valence-electron chi connectivity index (χ3n) is 6.00. The number of aromatic nitrogens is 4. The standard InChI is InChI=1S/C22H23FN8OS/c1-21(2)20(25)28-22(3,13-33(21,32)26-4)16-9-15(6-7-17(16)23)18-12-31(30-29-18)19-8-5-14(10-24)11-27-19/h5-9,11-12H,13H2,1-4H3,(H2,25,28)/t22-,33-/m0/s1. The first-order valence-electron chi connectivity index (χ1n) is 10.1. The van der Waals surface area contributed by atoms with Gasteiger partial charge in [0.1, 0.15) is 33.7 Å². The van der Waals surface area contributed by atoms with Crippen molar-refractivity contribution in [3.8, 4) is 23.1 Å². The van der Waals surface area contributed by atoms with Crippen LogP contribution in [-0.4, -0.2) is 47.6 Å². The molecular weight excluding hydrogens is 443 g/mol. The van der Waals surface area contributed by atoms with E-state index in [2.05, 4.69) is 24.7 Å². The van der Waals surface area contributed by atoms with Gasteiger partial charge in [-0.2, -0.15) is 5.26 Å². The molecule has 3 heterocycles. The number of nitrogens with two attached hydrogens (primary N) is 1. The Hall–Kier alpha value is -3.65. The normalized spacial score (nSPS) is 24.1. The molecule has 2 aromatic heterocycles. The Morgan fingerprint density at radius 3 is 2.67 bits per heavy atom. The Morgan fingerprint density at radius 1 is 1.27 bits per heavy atom. The van der Waals surface area contributed by atoms with Gasteiger partial charge in [0.15, 0.2) is 5.82 Å². The first-order chi connectivity index (χ1) is 15.5. The molecule has 9 nitrogen and oxygen atoms in total. The number of benzene rings is 1. The number of nitriles is 1. The molecule has 0 aliphatic carbocycles.